The SMILES string of the molecule is CC(=O)Nc1ccc(Nc2ncccc2C)cn1. The van der Waals surface area contributed by atoms with Crippen molar-refractivity contribution in [3.05, 3.63) is 42.2 Å². The van der Waals surface area contributed by atoms with E-state index in [1.165, 1.54) is 6.92 Å². The van der Waals surface area contributed by atoms with Crippen molar-refractivity contribution in [3.63, 3.8) is 0 Å². The summed E-state index contributed by atoms with van der Waals surface area (Å²) in [5.74, 6) is 1.20. The summed E-state index contributed by atoms with van der Waals surface area (Å²) in [5.41, 5.74) is 1.88. The number of amides is 1. The molecule has 2 heterocycles. The van der Waals surface area contributed by atoms with Gasteiger partial charge in [-0.1, -0.05) is 6.07 Å². The van der Waals surface area contributed by atoms with Crippen molar-refractivity contribution >= 4 is 23.2 Å². The second-order valence-corrected chi connectivity index (χ2v) is 3.91. The number of rotatable bonds is 3. The second kappa shape index (κ2) is 5.27. The largest absolute Gasteiger partial charge is 0.339 e. The number of nitrogens with one attached hydrogen (secondary N) is 2. The summed E-state index contributed by atoms with van der Waals surface area (Å²) in [7, 11) is 0. The molecule has 0 fully saturated rings. The number of anilines is 3. The van der Waals surface area contributed by atoms with E-state index in [0.717, 1.165) is 17.1 Å². The fourth-order valence-corrected chi connectivity index (χ4v) is 1.48. The minimum absolute atomic E-state index is 0.135. The third-order valence-electron chi connectivity index (χ3n) is 2.34. The Morgan fingerprint density at radius 2 is 2.06 bits per heavy atom. The van der Waals surface area contributed by atoms with E-state index in [9.17, 15) is 4.79 Å². The van der Waals surface area contributed by atoms with Gasteiger partial charge in [-0.05, 0) is 30.7 Å². The maximum atomic E-state index is 10.9. The number of nitrogens with zero attached hydrogens (tertiary/aromatic N) is 2. The first-order valence-corrected chi connectivity index (χ1v) is 5.57. The maximum absolute atomic E-state index is 10.9. The Balaban J connectivity index is 2.11. The van der Waals surface area contributed by atoms with Gasteiger partial charge in [0.05, 0.1) is 11.9 Å². The van der Waals surface area contributed by atoms with Crippen LogP contribution in [0.2, 0.25) is 0 Å². The Morgan fingerprint density at radius 1 is 1.22 bits per heavy atom. The number of carbonyl (C=O) groups excluding carboxylic acids is 1. The summed E-state index contributed by atoms with van der Waals surface area (Å²) < 4.78 is 0. The van der Waals surface area contributed by atoms with Crippen molar-refractivity contribution in [2.45, 2.75) is 13.8 Å². The van der Waals surface area contributed by atoms with Crippen molar-refractivity contribution in [2.24, 2.45) is 0 Å². The third-order valence-corrected chi connectivity index (χ3v) is 2.34. The van der Waals surface area contributed by atoms with Crippen LogP contribution in [0.1, 0.15) is 12.5 Å². The van der Waals surface area contributed by atoms with E-state index in [4.69, 9.17) is 0 Å². The lowest BCUT2D eigenvalue weighted by Gasteiger charge is -2.08. The van der Waals surface area contributed by atoms with Gasteiger partial charge in [0.15, 0.2) is 0 Å². The molecule has 5 heteroatoms. The first-order valence-electron chi connectivity index (χ1n) is 5.57. The molecule has 0 saturated carbocycles. The topological polar surface area (TPSA) is 66.9 Å². The van der Waals surface area contributed by atoms with Crippen molar-refractivity contribution < 1.29 is 4.79 Å². The summed E-state index contributed by atoms with van der Waals surface area (Å²) in [6, 6.07) is 7.45. The molecule has 0 aliphatic carbocycles. The Kier molecular flexibility index (Phi) is 3.52. The predicted octanol–water partition coefficient (Wildman–Crippen LogP) is 2.49. The molecule has 0 atom stereocenters. The van der Waals surface area contributed by atoms with Gasteiger partial charge >= 0.3 is 0 Å². The summed E-state index contributed by atoms with van der Waals surface area (Å²) in [6.45, 7) is 3.43. The van der Waals surface area contributed by atoms with E-state index >= 15 is 0 Å². The third kappa shape index (κ3) is 3.04. The van der Waals surface area contributed by atoms with Crippen molar-refractivity contribution in [2.75, 3.05) is 10.6 Å². The number of aryl methyl sites for hydroxylation is 1. The fourth-order valence-electron chi connectivity index (χ4n) is 1.48. The standard InChI is InChI=1S/C13H14N4O/c1-9-4-3-7-14-13(9)17-11-5-6-12(15-8-11)16-10(2)18/h3-8H,1-2H3,(H,14,17)(H,15,16,18). The predicted molar refractivity (Wildman–Crippen MR) is 70.8 cm³/mol. The Morgan fingerprint density at radius 3 is 2.67 bits per heavy atom. The van der Waals surface area contributed by atoms with Crippen LogP contribution in [0, 0.1) is 6.92 Å². The molecular weight excluding hydrogens is 228 g/mol. The average Bonchev–Trinajstić information content (AvgIpc) is 2.34. The van der Waals surface area contributed by atoms with Gasteiger partial charge in [0.25, 0.3) is 0 Å². The highest BCUT2D eigenvalue weighted by atomic mass is 16.1. The molecule has 1 amide bonds. The van der Waals surface area contributed by atoms with Crippen LogP contribution in [0.15, 0.2) is 36.7 Å². The van der Waals surface area contributed by atoms with Crippen LogP contribution < -0.4 is 10.6 Å². The molecule has 0 aromatic carbocycles. The zero-order valence-corrected chi connectivity index (χ0v) is 10.3. The highest BCUT2D eigenvalue weighted by molar-refractivity contribution is 5.87. The zero-order valence-electron chi connectivity index (χ0n) is 10.3. The molecule has 0 saturated heterocycles. The number of pyridine rings is 2. The molecule has 92 valence electrons. The van der Waals surface area contributed by atoms with Gasteiger partial charge in [0.1, 0.15) is 11.6 Å². The van der Waals surface area contributed by atoms with Crippen LogP contribution in [0.5, 0.6) is 0 Å². The highest BCUT2D eigenvalue weighted by Crippen LogP contribution is 2.17. The Bertz CT molecular complexity index is 551. The van der Waals surface area contributed by atoms with E-state index in [1.807, 2.05) is 25.1 Å². The van der Waals surface area contributed by atoms with E-state index < -0.39 is 0 Å². The first kappa shape index (κ1) is 12.0. The van der Waals surface area contributed by atoms with Crippen LogP contribution in [0.4, 0.5) is 17.3 Å². The average molecular weight is 242 g/mol. The van der Waals surface area contributed by atoms with Crippen molar-refractivity contribution in [1.29, 1.82) is 0 Å². The minimum Gasteiger partial charge on any atom is -0.339 e. The number of carbonyl (C=O) groups is 1. The van der Waals surface area contributed by atoms with Crippen molar-refractivity contribution in [3.8, 4) is 0 Å². The molecule has 0 unspecified atom stereocenters. The molecule has 0 aliphatic rings. The van der Waals surface area contributed by atoms with E-state index in [2.05, 4.69) is 20.6 Å². The van der Waals surface area contributed by atoms with Crippen LogP contribution in [0.25, 0.3) is 0 Å². The van der Waals surface area contributed by atoms with Gasteiger partial charge in [-0.3, -0.25) is 4.79 Å². The normalized spacial score (nSPS) is 9.89. The van der Waals surface area contributed by atoms with Crippen LogP contribution in [-0.4, -0.2) is 15.9 Å². The molecule has 0 radical (unpaired) electrons. The van der Waals surface area contributed by atoms with Gasteiger partial charge in [0.2, 0.25) is 5.91 Å². The van der Waals surface area contributed by atoms with Crippen LogP contribution >= 0.6 is 0 Å². The van der Waals surface area contributed by atoms with E-state index in [0.29, 0.717) is 5.82 Å². The van der Waals surface area contributed by atoms with Crippen molar-refractivity contribution in [1.82, 2.24) is 9.97 Å². The van der Waals surface area contributed by atoms with Crippen LogP contribution in [0.3, 0.4) is 0 Å². The van der Waals surface area contributed by atoms with E-state index in [-0.39, 0.29) is 5.91 Å². The summed E-state index contributed by atoms with van der Waals surface area (Å²) in [6.07, 6.45) is 3.38. The lowest BCUT2D eigenvalue weighted by molar-refractivity contribution is -0.114. The quantitative estimate of drug-likeness (QED) is 0.867. The molecule has 2 aromatic heterocycles. The Hall–Kier alpha value is -2.43. The molecule has 5 nitrogen and oxygen atoms in total. The summed E-state index contributed by atoms with van der Waals surface area (Å²) in [5, 5.41) is 5.78. The van der Waals surface area contributed by atoms with Gasteiger partial charge in [-0.15, -0.1) is 0 Å². The number of hydrogen-bond acceptors (Lipinski definition) is 4. The molecule has 2 rings (SSSR count). The molecule has 0 spiro atoms. The number of hydrogen-bond donors (Lipinski definition) is 2. The maximum Gasteiger partial charge on any atom is 0.222 e. The van der Waals surface area contributed by atoms with Crippen LogP contribution in [-0.2, 0) is 4.79 Å². The smallest absolute Gasteiger partial charge is 0.222 e. The summed E-state index contributed by atoms with van der Waals surface area (Å²) >= 11 is 0. The first-order chi connectivity index (χ1) is 8.65. The molecule has 2 N–H and O–H groups in total. The van der Waals surface area contributed by atoms with Gasteiger partial charge in [0, 0.05) is 13.1 Å². The monoisotopic (exact) mass is 242 g/mol. The minimum atomic E-state index is -0.135. The second-order valence-electron chi connectivity index (χ2n) is 3.91. The Labute approximate surface area is 105 Å². The molecular formula is C13H14N4O. The van der Waals surface area contributed by atoms with Gasteiger partial charge in [-0.25, -0.2) is 9.97 Å². The lowest BCUT2D eigenvalue weighted by Crippen LogP contribution is -2.07. The lowest BCUT2D eigenvalue weighted by atomic mass is 10.3. The summed E-state index contributed by atoms with van der Waals surface area (Å²) in [4.78, 5) is 19.2. The molecule has 2 aromatic rings. The molecule has 18 heavy (non-hydrogen) atoms. The molecule has 0 aliphatic heterocycles. The highest BCUT2D eigenvalue weighted by Gasteiger charge is 2.01. The molecule has 0 bridgehead atoms. The number of aromatic nitrogens is 2. The van der Waals surface area contributed by atoms with Gasteiger partial charge < -0.3 is 10.6 Å². The van der Waals surface area contributed by atoms with Gasteiger partial charge in [-0.2, -0.15) is 0 Å². The zero-order chi connectivity index (χ0) is 13.0. The van der Waals surface area contributed by atoms with E-state index in [1.54, 1.807) is 18.5 Å². The fraction of sp³-hybridized carbons (Fsp3) is 0.154.